The molecule has 1 aromatic carbocycles. The molecule has 0 aliphatic carbocycles. The lowest BCUT2D eigenvalue weighted by molar-refractivity contribution is -0.200. The van der Waals surface area contributed by atoms with Gasteiger partial charge in [-0.2, -0.15) is 0 Å². The molecule has 1 fully saturated rings. The Balaban J connectivity index is 2.39. The van der Waals surface area contributed by atoms with E-state index in [4.69, 9.17) is 0 Å². The van der Waals surface area contributed by atoms with E-state index < -0.39 is 18.1 Å². The van der Waals surface area contributed by atoms with Gasteiger partial charge in [0.2, 0.25) is 0 Å². The van der Waals surface area contributed by atoms with Crippen molar-refractivity contribution in [1.29, 1.82) is 0 Å². The van der Waals surface area contributed by atoms with Gasteiger partial charge in [-0.15, -0.1) is 0 Å². The monoisotopic (exact) mass is 291 g/mol. The second kappa shape index (κ2) is 4.05. The zero-order chi connectivity index (χ0) is 11.8. The summed E-state index contributed by atoms with van der Waals surface area (Å²) in [7, 11) is 0. The molecule has 2 nitrogen and oxygen atoms in total. The topological polar surface area (TPSA) is 32.3 Å². The predicted octanol–water partition coefficient (Wildman–Crippen LogP) is 2.27. The van der Waals surface area contributed by atoms with Crippen LogP contribution >= 0.6 is 15.9 Å². The van der Waals surface area contributed by atoms with E-state index in [0.29, 0.717) is 6.54 Å². The highest BCUT2D eigenvalue weighted by Gasteiger charge is 2.54. The molecule has 2 N–H and O–H groups in total. The molecule has 0 spiro atoms. The Hall–Kier alpha value is -0.520. The Labute approximate surface area is 101 Å². The van der Waals surface area contributed by atoms with Gasteiger partial charge in [-0.25, -0.2) is 8.78 Å². The number of rotatable bonds is 1. The first-order valence-electron chi connectivity index (χ1n) is 5.03. The fourth-order valence-corrected chi connectivity index (χ4v) is 2.19. The number of nitrogens with one attached hydrogen (secondary N) is 1. The summed E-state index contributed by atoms with van der Waals surface area (Å²) < 4.78 is 28.2. The number of alkyl halides is 2. The van der Waals surface area contributed by atoms with Gasteiger partial charge in [0.15, 0.2) is 5.60 Å². The van der Waals surface area contributed by atoms with Crippen molar-refractivity contribution in [1.82, 2.24) is 5.32 Å². The molecule has 1 atom stereocenters. The van der Waals surface area contributed by atoms with E-state index in [1.165, 1.54) is 12.1 Å². The van der Waals surface area contributed by atoms with Crippen LogP contribution in [0.1, 0.15) is 12.0 Å². The summed E-state index contributed by atoms with van der Waals surface area (Å²) in [6, 6.07) is 6.38. The zero-order valence-corrected chi connectivity index (χ0v) is 10.1. The largest absolute Gasteiger partial charge is 0.379 e. The van der Waals surface area contributed by atoms with Gasteiger partial charge < -0.3 is 10.4 Å². The summed E-state index contributed by atoms with van der Waals surface area (Å²) in [5.74, 6) is -3.14. The maximum Gasteiger partial charge on any atom is 0.292 e. The highest BCUT2D eigenvalue weighted by atomic mass is 79.9. The van der Waals surface area contributed by atoms with Gasteiger partial charge in [-0.3, -0.25) is 0 Å². The van der Waals surface area contributed by atoms with Crippen LogP contribution in [0.2, 0.25) is 0 Å². The van der Waals surface area contributed by atoms with Crippen molar-refractivity contribution >= 4 is 15.9 Å². The third kappa shape index (κ3) is 1.87. The fourth-order valence-electron chi connectivity index (χ4n) is 1.92. The predicted molar refractivity (Wildman–Crippen MR) is 60.5 cm³/mol. The van der Waals surface area contributed by atoms with Crippen LogP contribution < -0.4 is 5.32 Å². The fraction of sp³-hybridized carbons (Fsp3) is 0.455. The van der Waals surface area contributed by atoms with Crippen LogP contribution in [0.25, 0.3) is 0 Å². The average Bonchev–Trinajstić information content (AvgIpc) is 2.23. The van der Waals surface area contributed by atoms with Crippen molar-refractivity contribution in [3.8, 4) is 0 Å². The number of hydrogen-bond acceptors (Lipinski definition) is 2. The Kier molecular flexibility index (Phi) is 3.03. The van der Waals surface area contributed by atoms with Crippen molar-refractivity contribution in [2.45, 2.75) is 17.9 Å². The van der Waals surface area contributed by atoms with E-state index >= 15 is 0 Å². The summed E-state index contributed by atoms with van der Waals surface area (Å²) in [5, 5.41) is 12.7. The molecule has 88 valence electrons. The van der Waals surface area contributed by atoms with Crippen LogP contribution in [0, 0.1) is 0 Å². The van der Waals surface area contributed by atoms with Crippen molar-refractivity contribution in [3.05, 3.63) is 34.3 Å². The molecular weight excluding hydrogens is 280 g/mol. The van der Waals surface area contributed by atoms with Gasteiger partial charge in [0.05, 0.1) is 6.54 Å². The zero-order valence-electron chi connectivity index (χ0n) is 8.51. The van der Waals surface area contributed by atoms with E-state index in [-0.39, 0.29) is 12.0 Å². The van der Waals surface area contributed by atoms with Crippen molar-refractivity contribution in [3.63, 3.8) is 0 Å². The number of hydrogen-bond donors (Lipinski definition) is 2. The van der Waals surface area contributed by atoms with Crippen LogP contribution in [-0.4, -0.2) is 24.1 Å². The lowest BCUT2D eigenvalue weighted by atomic mass is 9.82. The lowest BCUT2D eigenvalue weighted by Crippen LogP contribution is -2.56. The molecule has 1 unspecified atom stereocenters. The molecule has 1 saturated heterocycles. The molecule has 0 radical (unpaired) electrons. The molecule has 2 rings (SSSR count). The maximum absolute atomic E-state index is 13.7. The van der Waals surface area contributed by atoms with Crippen molar-refractivity contribution in [2.24, 2.45) is 0 Å². The first-order valence-corrected chi connectivity index (χ1v) is 5.82. The summed E-state index contributed by atoms with van der Waals surface area (Å²) in [5.41, 5.74) is -1.79. The number of benzene rings is 1. The van der Waals surface area contributed by atoms with E-state index in [0.717, 1.165) is 4.47 Å². The third-order valence-corrected chi connectivity index (χ3v) is 3.47. The summed E-state index contributed by atoms with van der Waals surface area (Å²) in [4.78, 5) is 0. The lowest BCUT2D eigenvalue weighted by Gasteiger charge is -2.40. The van der Waals surface area contributed by atoms with Gasteiger partial charge in [0.1, 0.15) is 0 Å². The summed E-state index contributed by atoms with van der Waals surface area (Å²) in [6.07, 6.45) is 0.0155. The minimum atomic E-state index is -3.14. The second-order valence-electron chi connectivity index (χ2n) is 4.00. The first-order chi connectivity index (χ1) is 7.46. The number of halogens is 3. The molecule has 1 aromatic rings. The van der Waals surface area contributed by atoms with E-state index in [1.54, 1.807) is 12.1 Å². The minimum Gasteiger partial charge on any atom is -0.379 e. The molecule has 0 bridgehead atoms. The second-order valence-corrected chi connectivity index (χ2v) is 4.91. The molecule has 0 saturated carbocycles. The Morgan fingerprint density at radius 1 is 1.25 bits per heavy atom. The van der Waals surface area contributed by atoms with Gasteiger partial charge in [-0.05, 0) is 30.7 Å². The van der Waals surface area contributed by atoms with Crippen LogP contribution in [-0.2, 0) is 5.60 Å². The number of aliphatic hydroxyl groups is 1. The highest BCUT2D eigenvalue weighted by Crippen LogP contribution is 2.42. The maximum atomic E-state index is 13.7. The molecule has 1 heterocycles. The molecule has 1 aliphatic heterocycles. The standard InChI is InChI=1S/C11H12BrF2NO/c12-9-3-1-8(2-4-9)10(16)5-6-15-7-11(10,13)14/h1-4,15-16H,5-7H2. The molecule has 1 aliphatic rings. The average molecular weight is 292 g/mol. The smallest absolute Gasteiger partial charge is 0.292 e. The van der Waals surface area contributed by atoms with Crippen LogP contribution in [0.4, 0.5) is 8.78 Å². The highest BCUT2D eigenvalue weighted by molar-refractivity contribution is 9.10. The number of piperidine rings is 1. The van der Waals surface area contributed by atoms with Gasteiger partial charge >= 0.3 is 0 Å². The molecule has 5 heteroatoms. The van der Waals surface area contributed by atoms with E-state index in [9.17, 15) is 13.9 Å². The van der Waals surface area contributed by atoms with E-state index in [1.807, 2.05) is 0 Å². The Bertz CT molecular complexity index is 382. The van der Waals surface area contributed by atoms with Crippen LogP contribution in [0.5, 0.6) is 0 Å². The van der Waals surface area contributed by atoms with Crippen LogP contribution in [0.15, 0.2) is 28.7 Å². The molecular formula is C11H12BrF2NO. The SMILES string of the molecule is OC1(c2ccc(Br)cc2)CCNCC1(F)F. The van der Waals surface area contributed by atoms with Gasteiger partial charge in [0.25, 0.3) is 5.92 Å². The molecule has 16 heavy (non-hydrogen) atoms. The van der Waals surface area contributed by atoms with Gasteiger partial charge in [-0.1, -0.05) is 28.1 Å². The summed E-state index contributed by atoms with van der Waals surface area (Å²) in [6.45, 7) is -0.0955. The minimum absolute atomic E-state index is 0.0155. The van der Waals surface area contributed by atoms with E-state index in [2.05, 4.69) is 21.2 Å². The quantitative estimate of drug-likeness (QED) is 0.832. The Morgan fingerprint density at radius 2 is 1.88 bits per heavy atom. The summed E-state index contributed by atoms with van der Waals surface area (Å²) >= 11 is 3.23. The van der Waals surface area contributed by atoms with Gasteiger partial charge in [0, 0.05) is 4.47 Å². The molecule has 0 aromatic heterocycles. The van der Waals surface area contributed by atoms with Crippen molar-refractivity contribution < 1.29 is 13.9 Å². The first kappa shape index (κ1) is 12.0. The molecule has 0 amide bonds. The normalized spacial score (nSPS) is 29.0. The van der Waals surface area contributed by atoms with Crippen LogP contribution in [0.3, 0.4) is 0 Å². The van der Waals surface area contributed by atoms with Crippen molar-refractivity contribution in [2.75, 3.05) is 13.1 Å². The third-order valence-electron chi connectivity index (χ3n) is 2.94. The Morgan fingerprint density at radius 3 is 2.44 bits per heavy atom.